The minimum Gasteiger partial charge on any atom is -0.501 e. The average molecular weight is 409 g/mol. The summed E-state index contributed by atoms with van der Waals surface area (Å²) in [5, 5.41) is 12.7. The van der Waals surface area contributed by atoms with Crippen molar-refractivity contribution < 1.29 is 24.1 Å². The predicted octanol–water partition coefficient (Wildman–Crippen LogP) is 1.87. The third kappa shape index (κ3) is 3.83. The Balaban J connectivity index is 1.57. The van der Waals surface area contributed by atoms with Gasteiger partial charge in [0.2, 0.25) is 12.5 Å². The maximum Gasteiger partial charge on any atom is 0.294 e. The van der Waals surface area contributed by atoms with E-state index in [9.17, 15) is 14.7 Å². The van der Waals surface area contributed by atoms with Gasteiger partial charge in [-0.05, 0) is 23.3 Å². The first-order valence-electron chi connectivity index (χ1n) is 9.14. The molecular weight excluding hydrogens is 390 g/mol. The van der Waals surface area contributed by atoms with Gasteiger partial charge < -0.3 is 29.6 Å². The molecule has 0 radical (unpaired) electrons. The number of fused-ring (bicyclic) bond motifs is 1. The summed E-state index contributed by atoms with van der Waals surface area (Å²) in [5.41, 5.74) is 0.287. The fourth-order valence-corrected chi connectivity index (χ4v) is 3.12. The molecule has 9 nitrogen and oxygen atoms in total. The summed E-state index contributed by atoms with van der Waals surface area (Å²) < 4.78 is 16.0. The number of nitrogens with one attached hydrogen (secondary N) is 2. The lowest BCUT2D eigenvalue weighted by Crippen LogP contribution is -2.28. The number of ether oxygens (including phenoxy) is 3. The topological polar surface area (TPSA) is 123 Å². The molecule has 1 unspecified atom stereocenters. The molecule has 4 rings (SSSR count). The van der Waals surface area contributed by atoms with Crippen molar-refractivity contribution in [3.63, 3.8) is 0 Å². The van der Waals surface area contributed by atoms with E-state index >= 15 is 0 Å². The number of hydrogen-bond acceptors (Lipinski definition) is 7. The number of benzene rings is 2. The Bertz CT molecular complexity index is 1130. The first-order chi connectivity index (χ1) is 14.6. The number of aromatic nitrogens is 2. The molecule has 30 heavy (non-hydrogen) atoms. The van der Waals surface area contributed by atoms with E-state index in [4.69, 9.17) is 14.2 Å². The lowest BCUT2D eigenvalue weighted by Gasteiger charge is -2.16. The molecule has 0 spiro atoms. The van der Waals surface area contributed by atoms with E-state index in [0.717, 1.165) is 11.1 Å². The Kier molecular flexibility index (Phi) is 5.36. The van der Waals surface area contributed by atoms with Crippen molar-refractivity contribution in [1.29, 1.82) is 0 Å². The normalized spacial score (nSPS) is 13.1. The van der Waals surface area contributed by atoms with Gasteiger partial charge >= 0.3 is 0 Å². The van der Waals surface area contributed by atoms with E-state index in [2.05, 4.69) is 15.3 Å². The number of methoxy groups -OCH3 is 1. The van der Waals surface area contributed by atoms with Crippen LogP contribution in [0.4, 0.5) is 0 Å². The number of aromatic amines is 1. The van der Waals surface area contributed by atoms with Gasteiger partial charge in [-0.15, -0.1) is 0 Å². The van der Waals surface area contributed by atoms with Crippen LogP contribution in [0.25, 0.3) is 0 Å². The van der Waals surface area contributed by atoms with Crippen LogP contribution >= 0.6 is 0 Å². The largest absolute Gasteiger partial charge is 0.501 e. The Hall–Kier alpha value is -3.85. The quantitative estimate of drug-likeness (QED) is 0.568. The van der Waals surface area contributed by atoms with Crippen LogP contribution in [0.1, 0.15) is 33.5 Å². The average Bonchev–Trinajstić information content (AvgIpc) is 3.23. The highest BCUT2D eigenvalue weighted by molar-refractivity contribution is 5.94. The summed E-state index contributed by atoms with van der Waals surface area (Å²) in [4.78, 5) is 31.5. The fourth-order valence-electron chi connectivity index (χ4n) is 3.12. The smallest absolute Gasteiger partial charge is 0.294 e. The summed E-state index contributed by atoms with van der Waals surface area (Å²) in [7, 11) is 1.46. The molecule has 1 aromatic heterocycles. The van der Waals surface area contributed by atoms with Crippen molar-refractivity contribution >= 4 is 5.91 Å². The van der Waals surface area contributed by atoms with Crippen LogP contribution in [-0.2, 0) is 11.3 Å². The molecule has 0 bridgehead atoms. The molecule has 0 saturated heterocycles. The number of H-pyrrole nitrogens is 1. The van der Waals surface area contributed by atoms with Crippen molar-refractivity contribution in [1.82, 2.24) is 15.3 Å². The molecular formula is C21H19N3O6. The van der Waals surface area contributed by atoms with E-state index in [1.807, 2.05) is 18.2 Å². The number of carbonyl (C=O) groups is 1. The number of hydrogen-bond donors (Lipinski definition) is 3. The number of nitrogens with zero attached hydrogens (tertiary/aromatic N) is 1. The van der Waals surface area contributed by atoms with Gasteiger partial charge in [0.1, 0.15) is 11.9 Å². The fraction of sp³-hybridized carbons (Fsp3) is 0.190. The van der Waals surface area contributed by atoms with Crippen LogP contribution in [0.2, 0.25) is 0 Å². The third-order valence-corrected chi connectivity index (χ3v) is 4.60. The van der Waals surface area contributed by atoms with E-state index in [0.29, 0.717) is 11.5 Å². The number of rotatable bonds is 6. The number of amides is 1. The molecule has 9 heteroatoms. The Morgan fingerprint density at radius 2 is 2.00 bits per heavy atom. The highest BCUT2D eigenvalue weighted by atomic mass is 16.7. The molecule has 1 atom stereocenters. The molecule has 1 aliphatic rings. The zero-order valence-corrected chi connectivity index (χ0v) is 16.0. The van der Waals surface area contributed by atoms with E-state index in [1.165, 1.54) is 7.11 Å². The van der Waals surface area contributed by atoms with E-state index in [1.54, 1.807) is 30.3 Å². The molecule has 154 valence electrons. The maximum atomic E-state index is 12.6. The second-order valence-electron chi connectivity index (χ2n) is 6.55. The van der Waals surface area contributed by atoms with Gasteiger partial charge in [0.15, 0.2) is 17.2 Å². The zero-order chi connectivity index (χ0) is 21.1. The lowest BCUT2D eigenvalue weighted by molar-refractivity contribution is 0.0938. The minimum absolute atomic E-state index is 0.111. The maximum absolute atomic E-state index is 12.6. The van der Waals surface area contributed by atoms with Gasteiger partial charge in [0.05, 0.1) is 0 Å². The van der Waals surface area contributed by atoms with Gasteiger partial charge in [-0.25, -0.2) is 4.98 Å². The third-order valence-electron chi connectivity index (χ3n) is 4.60. The molecule has 3 N–H and O–H groups in total. The van der Waals surface area contributed by atoms with Crippen molar-refractivity contribution in [2.75, 3.05) is 13.9 Å². The highest BCUT2D eigenvalue weighted by Gasteiger charge is 2.23. The van der Waals surface area contributed by atoms with Crippen LogP contribution in [0, 0.1) is 0 Å². The van der Waals surface area contributed by atoms with Crippen LogP contribution < -0.4 is 20.3 Å². The molecule has 1 amide bonds. The molecule has 2 heterocycles. The molecule has 0 saturated carbocycles. The van der Waals surface area contributed by atoms with E-state index < -0.39 is 23.3 Å². The van der Waals surface area contributed by atoms with Crippen molar-refractivity contribution in [3.05, 3.63) is 81.5 Å². The summed E-state index contributed by atoms with van der Waals surface area (Å²) >= 11 is 0. The Morgan fingerprint density at radius 1 is 1.23 bits per heavy atom. The molecule has 0 aliphatic carbocycles. The van der Waals surface area contributed by atoms with Gasteiger partial charge in [0, 0.05) is 13.7 Å². The van der Waals surface area contributed by atoms with Gasteiger partial charge in [0.25, 0.3) is 11.5 Å². The second-order valence-corrected chi connectivity index (χ2v) is 6.55. The molecule has 1 aliphatic heterocycles. The number of carbonyl (C=O) groups excluding carboxylic acids is 1. The first kappa shape index (κ1) is 19.5. The van der Waals surface area contributed by atoms with Gasteiger partial charge in [-0.1, -0.05) is 36.4 Å². The van der Waals surface area contributed by atoms with Gasteiger partial charge in [-0.3, -0.25) is 9.59 Å². The van der Waals surface area contributed by atoms with Crippen molar-refractivity contribution in [2.45, 2.75) is 12.6 Å². The number of aromatic hydroxyl groups is 1. The van der Waals surface area contributed by atoms with Crippen LogP contribution in [0.15, 0.2) is 53.3 Å². The van der Waals surface area contributed by atoms with Crippen molar-refractivity contribution in [3.8, 4) is 17.2 Å². The summed E-state index contributed by atoms with van der Waals surface area (Å²) in [6.45, 7) is 0.297. The monoisotopic (exact) mass is 409 g/mol. The van der Waals surface area contributed by atoms with Crippen LogP contribution in [0.5, 0.6) is 17.2 Å². The standard InChI is InChI=1S/C21H19N3O6/c1-28-18(13-5-3-2-4-6-13)19-23-16(17(25)21(27)24-19)20(26)22-10-12-7-8-14-15(9-12)30-11-29-14/h2-9,18,25H,10-11H2,1H3,(H,22,26)(H,23,24,27). The molecule has 2 aromatic carbocycles. The van der Waals surface area contributed by atoms with Crippen molar-refractivity contribution in [2.24, 2.45) is 0 Å². The predicted molar refractivity (Wildman–Crippen MR) is 106 cm³/mol. The highest BCUT2D eigenvalue weighted by Crippen LogP contribution is 2.32. The molecule has 0 fully saturated rings. The minimum atomic E-state index is -0.828. The van der Waals surface area contributed by atoms with Gasteiger partial charge in [-0.2, -0.15) is 0 Å². The molecule has 3 aromatic rings. The van der Waals surface area contributed by atoms with Crippen LogP contribution in [-0.4, -0.2) is 34.9 Å². The Morgan fingerprint density at radius 3 is 2.77 bits per heavy atom. The SMILES string of the molecule is COC(c1ccccc1)c1nc(C(=O)NCc2ccc3c(c2)OCO3)c(O)c(=O)[nH]1. The summed E-state index contributed by atoms with van der Waals surface area (Å²) in [5.74, 6) is -0.118. The van der Waals surface area contributed by atoms with Crippen LogP contribution in [0.3, 0.4) is 0 Å². The van der Waals surface area contributed by atoms with E-state index in [-0.39, 0.29) is 24.9 Å². The lowest BCUT2D eigenvalue weighted by atomic mass is 10.1. The summed E-state index contributed by atoms with van der Waals surface area (Å²) in [6.07, 6.45) is -0.708. The second kappa shape index (κ2) is 8.26. The first-order valence-corrected chi connectivity index (χ1v) is 9.14. The Labute approximate surface area is 171 Å². The zero-order valence-electron chi connectivity index (χ0n) is 16.0. The summed E-state index contributed by atoms with van der Waals surface area (Å²) in [6, 6.07) is 14.4.